The molecule has 0 N–H and O–H groups in total. The van der Waals surface area contributed by atoms with Crippen molar-refractivity contribution in [1.82, 2.24) is 14.1 Å². The Balaban J connectivity index is 3.12. The topological polar surface area (TPSA) is 39.8 Å². The van der Waals surface area contributed by atoms with E-state index in [1.54, 1.807) is 35.6 Å². The largest absolute Gasteiger partial charge is 0.328 e. The lowest BCUT2D eigenvalue weighted by molar-refractivity contribution is 0.794. The Morgan fingerprint density at radius 1 is 1.23 bits per heavy atom. The van der Waals surface area contributed by atoms with Gasteiger partial charge in [-0.1, -0.05) is 0 Å². The highest BCUT2D eigenvalue weighted by atomic mass is 16.1. The highest BCUT2D eigenvalue weighted by Crippen LogP contribution is 2.13. The molecule has 0 saturated heterocycles. The predicted molar refractivity (Wildman–Crippen MR) is 50.7 cm³/mol. The number of hydrogen-bond donors (Lipinski definition) is 0. The molecule has 0 aliphatic carbocycles. The Kier molecular flexibility index (Phi) is 1.52. The molecule has 2 rings (SSSR count). The summed E-state index contributed by atoms with van der Waals surface area (Å²) in [6, 6.07) is 0. The summed E-state index contributed by atoms with van der Waals surface area (Å²) in [5.74, 6) is 0. The molecule has 0 unspecified atom stereocenters. The van der Waals surface area contributed by atoms with Gasteiger partial charge < -0.3 is 0 Å². The molecule has 0 radical (unpaired) electrons. The van der Waals surface area contributed by atoms with Gasteiger partial charge in [0.05, 0.1) is 17.2 Å². The summed E-state index contributed by atoms with van der Waals surface area (Å²) in [6.07, 6.45) is 3.48. The molecule has 2 aromatic rings. The van der Waals surface area contributed by atoms with Gasteiger partial charge in [-0.2, -0.15) is 0 Å². The monoisotopic (exact) mass is 177 g/mol. The second kappa shape index (κ2) is 2.45. The number of aryl methyl sites for hydroxylation is 3. The van der Waals surface area contributed by atoms with Crippen molar-refractivity contribution < 1.29 is 0 Å². The lowest BCUT2D eigenvalue weighted by Gasteiger charge is -1.96. The van der Waals surface area contributed by atoms with Gasteiger partial charge in [0.25, 0.3) is 0 Å². The molecule has 2 heterocycles. The standard InChI is InChI=1S/C9H11N3O/c1-6-4-10-5-7-8(6)12(3)9(13)11(7)2/h4-5H,1-3H3. The minimum Gasteiger partial charge on any atom is -0.295 e. The maximum absolute atomic E-state index is 11.5. The van der Waals surface area contributed by atoms with Crippen molar-refractivity contribution in [3.05, 3.63) is 28.4 Å². The van der Waals surface area contributed by atoms with E-state index in [0.29, 0.717) is 0 Å². The Morgan fingerprint density at radius 2 is 1.92 bits per heavy atom. The van der Waals surface area contributed by atoms with Crippen LogP contribution in [0.25, 0.3) is 11.0 Å². The number of hydrogen-bond acceptors (Lipinski definition) is 2. The number of pyridine rings is 1. The summed E-state index contributed by atoms with van der Waals surface area (Å²) in [4.78, 5) is 15.6. The fraction of sp³-hybridized carbons (Fsp3) is 0.333. The van der Waals surface area contributed by atoms with Gasteiger partial charge in [0.2, 0.25) is 0 Å². The third-order valence-corrected chi connectivity index (χ3v) is 2.35. The average Bonchev–Trinajstić information content (AvgIpc) is 2.33. The lowest BCUT2D eigenvalue weighted by atomic mass is 10.3. The molecule has 2 aromatic heterocycles. The van der Waals surface area contributed by atoms with E-state index in [-0.39, 0.29) is 5.69 Å². The van der Waals surface area contributed by atoms with Gasteiger partial charge in [-0.15, -0.1) is 0 Å². The molecule has 0 bridgehead atoms. The van der Waals surface area contributed by atoms with Crippen molar-refractivity contribution in [2.45, 2.75) is 6.92 Å². The highest BCUT2D eigenvalue weighted by Gasteiger charge is 2.08. The first-order chi connectivity index (χ1) is 6.13. The van der Waals surface area contributed by atoms with E-state index < -0.39 is 0 Å². The van der Waals surface area contributed by atoms with Crippen LogP contribution in [0, 0.1) is 6.92 Å². The van der Waals surface area contributed by atoms with Crippen LogP contribution in [0.2, 0.25) is 0 Å². The molecule has 0 spiro atoms. The van der Waals surface area contributed by atoms with E-state index in [1.807, 2.05) is 6.92 Å². The van der Waals surface area contributed by atoms with Crippen molar-refractivity contribution in [1.29, 1.82) is 0 Å². The second-order valence-electron chi connectivity index (χ2n) is 3.22. The van der Waals surface area contributed by atoms with Gasteiger partial charge in [0, 0.05) is 20.3 Å². The quantitative estimate of drug-likeness (QED) is 0.590. The summed E-state index contributed by atoms with van der Waals surface area (Å²) in [5.41, 5.74) is 2.86. The van der Waals surface area contributed by atoms with Gasteiger partial charge in [-0.25, -0.2) is 4.79 Å². The van der Waals surface area contributed by atoms with Crippen molar-refractivity contribution in [2.75, 3.05) is 0 Å². The summed E-state index contributed by atoms with van der Waals surface area (Å²) in [5, 5.41) is 0. The molecule has 0 aliphatic rings. The highest BCUT2D eigenvalue weighted by molar-refractivity contribution is 5.78. The summed E-state index contributed by atoms with van der Waals surface area (Å²) in [6.45, 7) is 1.95. The molecule has 0 saturated carbocycles. The summed E-state index contributed by atoms with van der Waals surface area (Å²) in [7, 11) is 3.53. The molecule has 4 heteroatoms. The first kappa shape index (κ1) is 8.04. The normalized spacial score (nSPS) is 11.0. The van der Waals surface area contributed by atoms with Crippen LogP contribution in [0.4, 0.5) is 0 Å². The zero-order valence-electron chi connectivity index (χ0n) is 7.90. The Hall–Kier alpha value is -1.58. The van der Waals surface area contributed by atoms with Gasteiger partial charge in [0.15, 0.2) is 0 Å². The van der Waals surface area contributed by atoms with Crippen LogP contribution in [-0.4, -0.2) is 14.1 Å². The summed E-state index contributed by atoms with van der Waals surface area (Å²) < 4.78 is 3.25. The van der Waals surface area contributed by atoms with Gasteiger partial charge in [0.1, 0.15) is 0 Å². The van der Waals surface area contributed by atoms with E-state index in [0.717, 1.165) is 16.6 Å². The predicted octanol–water partition coefficient (Wildman–Crippen LogP) is 0.580. The average molecular weight is 177 g/mol. The lowest BCUT2D eigenvalue weighted by Crippen LogP contribution is -2.19. The molecular formula is C9H11N3O. The van der Waals surface area contributed by atoms with Gasteiger partial charge >= 0.3 is 5.69 Å². The maximum atomic E-state index is 11.5. The second-order valence-corrected chi connectivity index (χ2v) is 3.22. The SMILES string of the molecule is Cc1cncc2c1n(C)c(=O)n2C. The summed E-state index contributed by atoms with van der Waals surface area (Å²) >= 11 is 0. The van der Waals surface area contributed by atoms with Crippen molar-refractivity contribution in [2.24, 2.45) is 14.1 Å². The number of nitrogens with zero attached hydrogens (tertiary/aromatic N) is 3. The van der Waals surface area contributed by atoms with Crippen molar-refractivity contribution in [3.8, 4) is 0 Å². The third-order valence-electron chi connectivity index (χ3n) is 2.35. The molecule has 0 amide bonds. The Labute approximate surface area is 75.4 Å². The van der Waals surface area contributed by atoms with Crippen molar-refractivity contribution in [3.63, 3.8) is 0 Å². The van der Waals surface area contributed by atoms with Crippen LogP contribution in [-0.2, 0) is 14.1 Å². The number of fused-ring (bicyclic) bond motifs is 1. The van der Waals surface area contributed by atoms with E-state index in [9.17, 15) is 4.79 Å². The van der Waals surface area contributed by atoms with Crippen LogP contribution in [0.1, 0.15) is 5.56 Å². The first-order valence-electron chi connectivity index (χ1n) is 4.09. The van der Waals surface area contributed by atoms with Crippen molar-refractivity contribution >= 4 is 11.0 Å². The first-order valence-corrected chi connectivity index (χ1v) is 4.09. The molecule has 0 atom stereocenters. The number of rotatable bonds is 0. The Bertz CT molecular complexity index is 521. The minimum atomic E-state index is -0.00824. The fourth-order valence-corrected chi connectivity index (χ4v) is 1.65. The smallest absolute Gasteiger partial charge is 0.295 e. The molecule has 13 heavy (non-hydrogen) atoms. The van der Waals surface area contributed by atoms with Gasteiger partial charge in [-0.3, -0.25) is 14.1 Å². The fourth-order valence-electron chi connectivity index (χ4n) is 1.65. The van der Waals surface area contributed by atoms with E-state index in [1.165, 1.54) is 0 Å². The van der Waals surface area contributed by atoms with Crippen LogP contribution in [0.3, 0.4) is 0 Å². The maximum Gasteiger partial charge on any atom is 0.328 e. The molecule has 0 aromatic carbocycles. The molecule has 0 aliphatic heterocycles. The van der Waals surface area contributed by atoms with Crippen LogP contribution < -0.4 is 5.69 Å². The third kappa shape index (κ3) is 0.915. The molecule has 68 valence electrons. The number of aromatic nitrogens is 3. The van der Waals surface area contributed by atoms with E-state index in [2.05, 4.69) is 4.98 Å². The van der Waals surface area contributed by atoms with E-state index >= 15 is 0 Å². The molecule has 0 fully saturated rings. The van der Waals surface area contributed by atoms with Crippen LogP contribution >= 0.6 is 0 Å². The van der Waals surface area contributed by atoms with Gasteiger partial charge in [-0.05, 0) is 12.5 Å². The van der Waals surface area contributed by atoms with Crippen LogP contribution in [0.15, 0.2) is 17.2 Å². The van der Waals surface area contributed by atoms with Crippen LogP contribution in [0.5, 0.6) is 0 Å². The molecule has 4 nitrogen and oxygen atoms in total. The zero-order valence-corrected chi connectivity index (χ0v) is 7.90. The zero-order chi connectivity index (χ0) is 9.59. The molecular weight excluding hydrogens is 166 g/mol. The minimum absolute atomic E-state index is 0.00824. The Morgan fingerprint density at radius 3 is 2.54 bits per heavy atom. The van der Waals surface area contributed by atoms with E-state index in [4.69, 9.17) is 0 Å². The number of imidazole rings is 1.